The van der Waals surface area contributed by atoms with Crippen LogP contribution in [-0.4, -0.2) is 6.61 Å². The SMILES string of the molecule is C/C=C/c1ccc(/C=C/C2CCC(c3ccc(OCC)c(F)c3F)CC2)c(F)c1. The number of allylic oxidation sites excluding steroid dienone is 2. The van der Waals surface area contributed by atoms with Crippen molar-refractivity contribution in [1.82, 2.24) is 0 Å². The minimum atomic E-state index is -0.900. The Hall–Kier alpha value is -2.49. The lowest BCUT2D eigenvalue weighted by Crippen LogP contribution is -2.14. The fourth-order valence-corrected chi connectivity index (χ4v) is 3.97. The Morgan fingerprint density at radius 3 is 2.38 bits per heavy atom. The van der Waals surface area contributed by atoms with Crippen molar-refractivity contribution in [3.8, 4) is 5.75 Å². The summed E-state index contributed by atoms with van der Waals surface area (Å²) in [6.07, 6.45) is 10.9. The van der Waals surface area contributed by atoms with E-state index in [0.29, 0.717) is 23.7 Å². The minimum Gasteiger partial charge on any atom is -0.491 e. The van der Waals surface area contributed by atoms with E-state index in [2.05, 4.69) is 0 Å². The van der Waals surface area contributed by atoms with Crippen LogP contribution < -0.4 is 4.74 Å². The van der Waals surface area contributed by atoms with Gasteiger partial charge in [0.15, 0.2) is 11.6 Å². The molecule has 0 aliphatic heterocycles. The van der Waals surface area contributed by atoms with Crippen molar-refractivity contribution in [3.63, 3.8) is 0 Å². The number of ether oxygens (including phenoxy) is 1. The fraction of sp³-hybridized carbons (Fsp3) is 0.360. The second kappa shape index (κ2) is 9.82. The lowest BCUT2D eigenvalue weighted by atomic mass is 9.78. The van der Waals surface area contributed by atoms with Crippen molar-refractivity contribution in [1.29, 1.82) is 0 Å². The van der Waals surface area contributed by atoms with E-state index in [0.717, 1.165) is 31.2 Å². The molecule has 0 aromatic heterocycles. The van der Waals surface area contributed by atoms with Crippen molar-refractivity contribution in [3.05, 3.63) is 76.6 Å². The van der Waals surface area contributed by atoms with Crippen molar-refractivity contribution in [2.24, 2.45) is 5.92 Å². The summed E-state index contributed by atoms with van der Waals surface area (Å²) in [6.45, 7) is 3.93. The molecule has 2 aromatic carbocycles. The Balaban J connectivity index is 1.62. The van der Waals surface area contributed by atoms with Gasteiger partial charge in [-0.3, -0.25) is 0 Å². The molecule has 0 N–H and O–H groups in total. The van der Waals surface area contributed by atoms with Crippen LogP contribution in [0.15, 0.2) is 42.5 Å². The van der Waals surface area contributed by atoms with Gasteiger partial charge in [-0.15, -0.1) is 0 Å². The van der Waals surface area contributed by atoms with E-state index >= 15 is 0 Å². The van der Waals surface area contributed by atoms with Crippen molar-refractivity contribution in [2.75, 3.05) is 6.61 Å². The normalized spacial score (nSPS) is 19.9. The van der Waals surface area contributed by atoms with Crippen molar-refractivity contribution < 1.29 is 17.9 Å². The summed E-state index contributed by atoms with van der Waals surface area (Å²) in [5.74, 6) is -1.65. The number of rotatable bonds is 6. The predicted molar refractivity (Wildman–Crippen MR) is 112 cm³/mol. The van der Waals surface area contributed by atoms with Gasteiger partial charge in [-0.05, 0) is 74.6 Å². The molecule has 1 aliphatic rings. The molecular formula is C25H27F3O. The molecule has 0 heterocycles. The predicted octanol–water partition coefficient (Wildman–Crippen LogP) is 7.52. The van der Waals surface area contributed by atoms with Crippen LogP contribution in [-0.2, 0) is 0 Å². The number of hydrogen-bond acceptors (Lipinski definition) is 1. The quantitative estimate of drug-likeness (QED) is 0.487. The van der Waals surface area contributed by atoms with Gasteiger partial charge in [-0.2, -0.15) is 4.39 Å². The molecular weight excluding hydrogens is 373 g/mol. The van der Waals surface area contributed by atoms with E-state index in [1.807, 2.05) is 37.3 Å². The van der Waals surface area contributed by atoms with Gasteiger partial charge in [-0.25, -0.2) is 8.78 Å². The van der Waals surface area contributed by atoms with E-state index in [4.69, 9.17) is 4.74 Å². The zero-order valence-corrected chi connectivity index (χ0v) is 16.9. The third-order valence-electron chi connectivity index (χ3n) is 5.52. The van der Waals surface area contributed by atoms with Gasteiger partial charge >= 0.3 is 0 Å². The number of benzene rings is 2. The smallest absolute Gasteiger partial charge is 0.200 e. The first kappa shape index (κ1) is 21.2. The lowest BCUT2D eigenvalue weighted by molar-refractivity contribution is 0.310. The van der Waals surface area contributed by atoms with Crippen molar-refractivity contribution >= 4 is 12.2 Å². The summed E-state index contributed by atoms with van der Waals surface area (Å²) in [5, 5.41) is 0. The molecule has 0 atom stereocenters. The fourth-order valence-electron chi connectivity index (χ4n) is 3.97. The summed E-state index contributed by atoms with van der Waals surface area (Å²) in [5.41, 5.74) is 1.84. The topological polar surface area (TPSA) is 9.23 Å². The van der Waals surface area contributed by atoms with Gasteiger partial charge in [0.2, 0.25) is 5.82 Å². The average molecular weight is 400 g/mol. The second-order valence-corrected chi connectivity index (χ2v) is 7.47. The summed E-state index contributed by atoms with van der Waals surface area (Å²) in [6, 6.07) is 8.36. The second-order valence-electron chi connectivity index (χ2n) is 7.47. The largest absolute Gasteiger partial charge is 0.491 e. The van der Waals surface area contributed by atoms with E-state index in [9.17, 15) is 13.2 Å². The Morgan fingerprint density at radius 2 is 1.72 bits per heavy atom. The average Bonchev–Trinajstić information content (AvgIpc) is 2.72. The minimum absolute atomic E-state index is 0.00155. The maximum Gasteiger partial charge on any atom is 0.200 e. The van der Waals surface area contributed by atoms with E-state index < -0.39 is 11.6 Å². The van der Waals surface area contributed by atoms with Crippen LogP contribution >= 0.6 is 0 Å². The molecule has 1 nitrogen and oxygen atoms in total. The maximum absolute atomic E-state index is 14.5. The molecule has 3 rings (SSSR count). The van der Waals surface area contributed by atoms with Gasteiger partial charge in [0, 0.05) is 5.56 Å². The molecule has 2 aromatic rings. The van der Waals surface area contributed by atoms with Gasteiger partial charge in [-0.1, -0.05) is 42.5 Å². The molecule has 29 heavy (non-hydrogen) atoms. The van der Waals surface area contributed by atoms with Gasteiger partial charge in [0.1, 0.15) is 5.82 Å². The summed E-state index contributed by atoms with van der Waals surface area (Å²) in [7, 11) is 0. The first-order chi connectivity index (χ1) is 14.0. The van der Waals surface area contributed by atoms with E-state index in [1.54, 1.807) is 19.1 Å². The van der Waals surface area contributed by atoms with Gasteiger partial charge in [0.05, 0.1) is 6.61 Å². The van der Waals surface area contributed by atoms with Gasteiger partial charge < -0.3 is 4.74 Å². The Kier molecular flexibility index (Phi) is 7.18. The summed E-state index contributed by atoms with van der Waals surface area (Å²) >= 11 is 0. The molecule has 1 fully saturated rings. The zero-order valence-electron chi connectivity index (χ0n) is 16.9. The highest BCUT2D eigenvalue weighted by Crippen LogP contribution is 2.39. The molecule has 0 radical (unpaired) electrons. The third-order valence-corrected chi connectivity index (χ3v) is 5.52. The maximum atomic E-state index is 14.5. The molecule has 0 bridgehead atoms. The lowest BCUT2D eigenvalue weighted by Gasteiger charge is -2.27. The van der Waals surface area contributed by atoms with Crippen LogP contribution in [0.4, 0.5) is 13.2 Å². The summed E-state index contributed by atoms with van der Waals surface area (Å²) in [4.78, 5) is 0. The highest BCUT2D eigenvalue weighted by molar-refractivity contribution is 5.56. The van der Waals surface area contributed by atoms with Crippen LogP contribution in [0.3, 0.4) is 0 Å². The molecule has 0 spiro atoms. The number of hydrogen-bond donors (Lipinski definition) is 0. The van der Waals surface area contributed by atoms with Crippen LogP contribution in [0, 0.1) is 23.4 Å². The first-order valence-electron chi connectivity index (χ1n) is 10.2. The van der Waals surface area contributed by atoms with Gasteiger partial charge in [0.25, 0.3) is 0 Å². The molecule has 4 heteroatoms. The monoisotopic (exact) mass is 400 g/mol. The van der Waals surface area contributed by atoms with E-state index in [1.165, 1.54) is 12.1 Å². The third kappa shape index (κ3) is 5.11. The van der Waals surface area contributed by atoms with Crippen LogP contribution in [0.2, 0.25) is 0 Å². The highest BCUT2D eigenvalue weighted by atomic mass is 19.2. The molecule has 0 amide bonds. The molecule has 1 saturated carbocycles. The first-order valence-corrected chi connectivity index (χ1v) is 10.2. The standard InChI is InChI=1S/C25H27F3O/c1-3-5-18-9-13-20(22(26)16-18)12-8-17-6-10-19(11-7-17)21-14-15-23(29-4-2)25(28)24(21)27/h3,5,8-9,12-17,19H,4,6-7,10-11H2,1-2H3/b5-3+,12-8+. The molecule has 0 unspecified atom stereocenters. The molecule has 154 valence electrons. The number of halogens is 3. The Morgan fingerprint density at radius 1 is 0.966 bits per heavy atom. The highest BCUT2D eigenvalue weighted by Gasteiger charge is 2.25. The summed E-state index contributed by atoms with van der Waals surface area (Å²) < 4.78 is 47.9. The molecule has 1 aliphatic carbocycles. The van der Waals surface area contributed by atoms with Crippen LogP contribution in [0.1, 0.15) is 62.1 Å². The van der Waals surface area contributed by atoms with Crippen LogP contribution in [0.25, 0.3) is 12.2 Å². The Labute approximate surface area is 170 Å². The molecule has 0 saturated heterocycles. The Bertz CT molecular complexity index is 893. The van der Waals surface area contributed by atoms with Crippen molar-refractivity contribution in [2.45, 2.75) is 45.4 Å². The van der Waals surface area contributed by atoms with E-state index in [-0.39, 0.29) is 17.5 Å². The van der Waals surface area contributed by atoms with Crippen LogP contribution in [0.5, 0.6) is 5.75 Å². The zero-order chi connectivity index (χ0) is 20.8.